The molecule has 0 aliphatic carbocycles. The zero-order chi connectivity index (χ0) is 19.4. The quantitative estimate of drug-likeness (QED) is 0.471. The summed E-state index contributed by atoms with van der Waals surface area (Å²) in [5, 5.41) is 0. The Kier molecular flexibility index (Phi) is 5.13. The van der Waals surface area contributed by atoms with Crippen LogP contribution in [0.15, 0.2) is 66.9 Å². The monoisotopic (exact) mass is 374 g/mol. The fourth-order valence-corrected chi connectivity index (χ4v) is 2.57. The maximum absolute atomic E-state index is 13.0. The molecular formula is C18H17F3N6. The lowest BCUT2D eigenvalue weighted by Crippen LogP contribution is -2.34. The minimum absolute atomic E-state index is 0.142. The molecule has 5 N–H and O–H groups in total. The van der Waals surface area contributed by atoms with E-state index in [4.69, 9.17) is 11.6 Å². The largest absolute Gasteiger partial charge is 0.434 e. The van der Waals surface area contributed by atoms with Crippen LogP contribution in [0.3, 0.4) is 0 Å². The zero-order valence-corrected chi connectivity index (χ0v) is 14.1. The molecule has 2 aromatic heterocycles. The third-order valence-corrected chi connectivity index (χ3v) is 3.87. The first-order chi connectivity index (χ1) is 12.9. The maximum Gasteiger partial charge on any atom is 0.434 e. The van der Waals surface area contributed by atoms with E-state index in [9.17, 15) is 13.2 Å². The molecule has 0 bridgehead atoms. The summed E-state index contributed by atoms with van der Waals surface area (Å²) in [4.78, 5) is 8.45. The van der Waals surface area contributed by atoms with Crippen molar-refractivity contribution in [2.45, 2.75) is 12.7 Å². The number of benzene rings is 1. The van der Waals surface area contributed by atoms with Crippen molar-refractivity contribution in [1.82, 2.24) is 20.0 Å². The first kappa shape index (κ1) is 18.5. The second-order valence-electron chi connectivity index (χ2n) is 5.78. The first-order valence-corrected chi connectivity index (χ1v) is 7.94. The average molecular weight is 374 g/mol. The Bertz CT molecular complexity index is 947. The number of rotatable bonds is 5. The van der Waals surface area contributed by atoms with Gasteiger partial charge in [-0.05, 0) is 17.7 Å². The summed E-state index contributed by atoms with van der Waals surface area (Å²) in [6, 6.07) is 12.6. The molecule has 0 amide bonds. The summed E-state index contributed by atoms with van der Waals surface area (Å²) in [5.74, 6) is 4.98. The van der Waals surface area contributed by atoms with Gasteiger partial charge < -0.3 is 15.7 Å². The lowest BCUT2D eigenvalue weighted by molar-refractivity contribution is -0.0961. The number of halogens is 3. The van der Waals surface area contributed by atoms with Gasteiger partial charge in [0.2, 0.25) is 0 Å². The Labute approximate surface area is 153 Å². The molecule has 27 heavy (non-hydrogen) atoms. The number of nitrogens with two attached hydrogens (primary N) is 2. The molecule has 0 radical (unpaired) electrons. The van der Waals surface area contributed by atoms with Crippen LogP contribution < -0.4 is 17.0 Å². The number of nitrogens with one attached hydrogen (secondary N) is 1. The van der Waals surface area contributed by atoms with Crippen molar-refractivity contribution in [2.75, 3.05) is 0 Å². The van der Waals surface area contributed by atoms with Crippen LogP contribution >= 0.6 is 0 Å². The van der Waals surface area contributed by atoms with Crippen LogP contribution in [0.2, 0.25) is 0 Å². The van der Waals surface area contributed by atoms with E-state index in [2.05, 4.69) is 9.97 Å². The Morgan fingerprint density at radius 3 is 2.48 bits per heavy atom. The van der Waals surface area contributed by atoms with Crippen molar-refractivity contribution < 1.29 is 13.2 Å². The Morgan fingerprint density at radius 2 is 1.81 bits per heavy atom. The van der Waals surface area contributed by atoms with Crippen molar-refractivity contribution in [1.29, 1.82) is 0 Å². The van der Waals surface area contributed by atoms with Gasteiger partial charge in [-0.15, -0.1) is 0 Å². The predicted molar refractivity (Wildman–Crippen MR) is 95.5 cm³/mol. The van der Waals surface area contributed by atoms with E-state index in [-0.39, 0.29) is 5.56 Å². The third-order valence-electron chi connectivity index (χ3n) is 3.87. The fraction of sp³-hybridized carbons (Fsp3) is 0.111. The number of hydrazine groups is 1. The normalized spacial score (nSPS) is 12.6. The van der Waals surface area contributed by atoms with Gasteiger partial charge in [0, 0.05) is 24.5 Å². The van der Waals surface area contributed by atoms with E-state index in [1.807, 2.05) is 34.9 Å². The van der Waals surface area contributed by atoms with Crippen LogP contribution in [0.4, 0.5) is 13.2 Å². The molecule has 0 unspecified atom stereocenters. The van der Waals surface area contributed by atoms with Crippen LogP contribution in [0.5, 0.6) is 0 Å². The van der Waals surface area contributed by atoms with E-state index < -0.39 is 17.6 Å². The SMILES string of the molecule is NN/C(=C(\N)c1ccnc(-c2cn(Cc3ccccc3)cn2)c1)C(F)(F)F. The van der Waals surface area contributed by atoms with Gasteiger partial charge in [0.1, 0.15) is 5.69 Å². The number of allylic oxidation sites excluding steroid dienone is 1. The van der Waals surface area contributed by atoms with Crippen molar-refractivity contribution in [3.05, 3.63) is 78.0 Å². The smallest absolute Gasteiger partial charge is 0.397 e. The number of hydrogen-bond acceptors (Lipinski definition) is 5. The predicted octanol–water partition coefficient (Wildman–Crippen LogP) is 2.65. The summed E-state index contributed by atoms with van der Waals surface area (Å²) >= 11 is 0. The van der Waals surface area contributed by atoms with Crippen molar-refractivity contribution in [3.63, 3.8) is 0 Å². The standard InChI is InChI=1S/C18H17F3N6/c19-18(20,21)17(26-23)16(22)13-6-7-24-14(8-13)15-10-27(11-25-15)9-12-4-2-1-3-5-12/h1-8,10-11,26H,9,22-23H2/b17-16-. The van der Waals surface area contributed by atoms with Gasteiger partial charge >= 0.3 is 6.18 Å². The van der Waals surface area contributed by atoms with Gasteiger partial charge in [0.15, 0.2) is 5.70 Å². The first-order valence-electron chi connectivity index (χ1n) is 7.94. The molecule has 0 atom stereocenters. The highest BCUT2D eigenvalue weighted by Crippen LogP contribution is 2.28. The Hall–Kier alpha value is -3.33. The Balaban J connectivity index is 1.89. The van der Waals surface area contributed by atoms with Crippen LogP contribution in [0, 0.1) is 0 Å². The second kappa shape index (κ2) is 7.50. The molecule has 0 spiro atoms. The molecule has 2 heterocycles. The maximum atomic E-state index is 13.0. The minimum atomic E-state index is -4.69. The number of aromatic nitrogens is 3. The van der Waals surface area contributed by atoms with Crippen LogP contribution in [0.25, 0.3) is 17.1 Å². The number of pyridine rings is 1. The zero-order valence-electron chi connectivity index (χ0n) is 14.1. The lowest BCUT2D eigenvalue weighted by atomic mass is 10.1. The van der Waals surface area contributed by atoms with Crippen LogP contribution in [-0.2, 0) is 6.54 Å². The van der Waals surface area contributed by atoms with E-state index in [0.717, 1.165) is 5.56 Å². The Morgan fingerprint density at radius 1 is 1.07 bits per heavy atom. The summed E-state index contributed by atoms with van der Waals surface area (Å²) in [6.07, 6.45) is 0.0844. The van der Waals surface area contributed by atoms with Crippen molar-refractivity contribution >= 4 is 5.70 Å². The summed E-state index contributed by atoms with van der Waals surface area (Å²) < 4.78 is 40.8. The molecule has 0 aliphatic heterocycles. The summed E-state index contributed by atoms with van der Waals surface area (Å²) in [5.41, 5.74) is 7.71. The highest BCUT2D eigenvalue weighted by atomic mass is 19.4. The molecule has 0 aliphatic rings. The molecule has 0 saturated carbocycles. The second-order valence-corrected chi connectivity index (χ2v) is 5.78. The average Bonchev–Trinajstić information content (AvgIpc) is 3.10. The van der Waals surface area contributed by atoms with E-state index >= 15 is 0 Å². The molecular weight excluding hydrogens is 357 g/mol. The van der Waals surface area contributed by atoms with Crippen LogP contribution in [-0.4, -0.2) is 20.7 Å². The number of hydrogen-bond donors (Lipinski definition) is 3. The number of nitrogens with zero attached hydrogens (tertiary/aromatic N) is 3. The molecule has 140 valence electrons. The van der Waals surface area contributed by atoms with Crippen molar-refractivity contribution in [2.24, 2.45) is 11.6 Å². The van der Waals surface area contributed by atoms with Crippen LogP contribution in [0.1, 0.15) is 11.1 Å². The van der Waals surface area contributed by atoms with Crippen molar-refractivity contribution in [3.8, 4) is 11.4 Å². The van der Waals surface area contributed by atoms with Gasteiger partial charge in [0.05, 0.1) is 17.7 Å². The fourth-order valence-electron chi connectivity index (χ4n) is 2.57. The summed E-state index contributed by atoms with van der Waals surface area (Å²) in [6.45, 7) is 0.616. The minimum Gasteiger partial charge on any atom is -0.397 e. The van der Waals surface area contributed by atoms with E-state index in [1.165, 1.54) is 18.3 Å². The van der Waals surface area contributed by atoms with Gasteiger partial charge in [-0.1, -0.05) is 30.3 Å². The van der Waals surface area contributed by atoms with Gasteiger partial charge in [-0.25, -0.2) is 4.98 Å². The van der Waals surface area contributed by atoms with E-state index in [1.54, 1.807) is 17.9 Å². The number of imidazole rings is 1. The highest BCUT2D eigenvalue weighted by molar-refractivity contribution is 5.69. The molecule has 3 aromatic rings. The molecule has 1 aromatic carbocycles. The number of alkyl halides is 3. The topological polar surface area (TPSA) is 94.8 Å². The van der Waals surface area contributed by atoms with Gasteiger partial charge in [0.25, 0.3) is 0 Å². The lowest BCUT2D eigenvalue weighted by Gasteiger charge is -2.14. The highest BCUT2D eigenvalue weighted by Gasteiger charge is 2.36. The summed E-state index contributed by atoms with van der Waals surface area (Å²) in [7, 11) is 0. The molecule has 3 rings (SSSR count). The third kappa shape index (κ3) is 4.26. The molecule has 0 saturated heterocycles. The molecule has 9 heteroatoms. The molecule has 6 nitrogen and oxygen atoms in total. The van der Waals surface area contributed by atoms with E-state index in [0.29, 0.717) is 17.9 Å². The van der Waals surface area contributed by atoms with Gasteiger partial charge in [-0.2, -0.15) is 13.2 Å². The van der Waals surface area contributed by atoms with Gasteiger partial charge in [-0.3, -0.25) is 10.8 Å². The molecule has 0 fully saturated rings.